The largest absolute Gasteiger partial charge is 0.483 e. The van der Waals surface area contributed by atoms with Crippen LogP contribution in [0, 0.1) is 0 Å². The van der Waals surface area contributed by atoms with Crippen LogP contribution in [0.5, 0.6) is 5.75 Å². The molecule has 0 fully saturated rings. The van der Waals surface area contributed by atoms with Crippen LogP contribution in [0.3, 0.4) is 0 Å². The van der Waals surface area contributed by atoms with Gasteiger partial charge in [0.05, 0.1) is 10.7 Å². The molecule has 0 unspecified atom stereocenters. The summed E-state index contributed by atoms with van der Waals surface area (Å²) in [5, 5.41) is 3.34. The Bertz CT molecular complexity index is 1010. The lowest BCUT2D eigenvalue weighted by Crippen LogP contribution is -2.44. The number of hydrazine groups is 1. The van der Waals surface area contributed by atoms with E-state index in [1.54, 1.807) is 18.2 Å². The zero-order valence-electron chi connectivity index (χ0n) is 17.9. The molecule has 0 aliphatic rings. The van der Waals surface area contributed by atoms with Crippen LogP contribution < -0.4 is 20.9 Å². The monoisotopic (exact) mass is 543 g/mol. The molecule has 0 radical (unpaired) electrons. The van der Waals surface area contributed by atoms with Gasteiger partial charge in [0, 0.05) is 27.9 Å². The van der Waals surface area contributed by atoms with Crippen molar-refractivity contribution in [3.8, 4) is 5.75 Å². The van der Waals surface area contributed by atoms with E-state index in [0.717, 1.165) is 10.0 Å². The van der Waals surface area contributed by atoms with Crippen LogP contribution in [0.15, 0.2) is 40.9 Å². The van der Waals surface area contributed by atoms with Gasteiger partial charge in [0.1, 0.15) is 5.75 Å². The first kappa shape index (κ1) is 26.0. The van der Waals surface area contributed by atoms with Gasteiger partial charge in [0.2, 0.25) is 11.8 Å². The van der Waals surface area contributed by atoms with Gasteiger partial charge in [0.15, 0.2) is 6.61 Å². The van der Waals surface area contributed by atoms with E-state index in [1.165, 1.54) is 6.07 Å². The Morgan fingerprint density at radius 3 is 2.25 bits per heavy atom. The molecule has 172 valence electrons. The average Bonchev–Trinajstić information content (AvgIpc) is 2.71. The van der Waals surface area contributed by atoms with Crippen LogP contribution in [-0.2, 0) is 19.8 Å². The number of carbonyl (C=O) groups is 3. The normalized spacial score (nSPS) is 10.9. The standard InChI is InChI=1S/C22H24BrCl2N3O4/c1-22(2,3)15-10-13(23)4-7-18(15)32-12-21(31)28-27-20(30)9-8-19(29)26-17-6-5-14(24)11-16(17)25/h4-7,10-11H,8-9,12H2,1-3H3,(H,26,29)(H,27,30)(H,28,31). The lowest BCUT2D eigenvalue weighted by atomic mass is 9.86. The van der Waals surface area contributed by atoms with Crippen LogP contribution >= 0.6 is 39.1 Å². The topological polar surface area (TPSA) is 96.5 Å². The zero-order chi connectivity index (χ0) is 23.9. The highest BCUT2D eigenvalue weighted by atomic mass is 79.9. The highest BCUT2D eigenvalue weighted by molar-refractivity contribution is 9.10. The van der Waals surface area contributed by atoms with Crippen molar-refractivity contribution >= 4 is 62.5 Å². The molecule has 7 nitrogen and oxygen atoms in total. The van der Waals surface area contributed by atoms with Crippen molar-refractivity contribution < 1.29 is 19.1 Å². The van der Waals surface area contributed by atoms with E-state index < -0.39 is 17.7 Å². The fourth-order valence-corrected chi connectivity index (χ4v) is 3.44. The van der Waals surface area contributed by atoms with Crippen LogP contribution in [0.4, 0.5) is 5.69 Å². The van der Waals surface area contributed by atoms with Gasteiger partial charge in [-0.2, -0.15) is 0 Å². The number of carbonyl (C=O) groups excluding carboxylic acids is 3. The summed E-state index contributed by atoms with van der Waals surface area (Å²) < 4.78 is 6.54. The third-order valence-corrected chi connectivity index (χ3v) is 5.28. The first-order valence-electron chi connectivity index (χ1n) is 9.71. The van der Waals surface area contributed by atoms with Gasteiger partial charge in [-0.05, 0) is 41.8 Å². The number of anilines is 1. The van der Waals surface area contributed by atoms with Crippen LogP contribution in [-0.4, -0.2) is 24.3 Å². The predicted octanol–water partition coefficient (Wildman–Crippen LogP) is 5.00. The molecule has 0 heterocycles. The maximum absolute atomic E-state index is 12.0. The molecule has 0 saturated carbocycles. The zero-order valence-corrected chi connectivity index (χ0v) is 21.0. The van der Waals surface area contributed by atoms with E-state index >= 15 is 0 Å². The molecule has 0 bridgehead atoms. The SMILES string of the molecule is CC(C)(C)c1cc(Br)ccc1OCC(=O)NNC(=O)CCC(=O)Nc1ccc(Cl)cc1Cl. The minimum absolute atomic E-state index is 0.0923. The third kappa shape index (κ3) is 8.33. The molecule has 32 heavy (non-hydrogen) atoms. The van der Waals surface area contributed by atoms with Crippen LogP contribution in [0.1, 0.15) is 39.2 Å². The van der Waals surface area contributed by atoms with Crippen LogP contribution in [0.2, 0.25) is 10.0 Å². The molecule has 0 aromatic heterocycles. The summed E-state index contributed by atoms with van der Waals surface area (Å²) in [6.45, 7) is 5.84. The second kappa shape index (κ2) is 11.5. The second-order valence-electron chi connectivity index (χ2n) is 7.95. The Morgan fingerprint density at radius 2 is 1.59 bits per heavy atom. The van der Waals surface area contributed by atoms with Gasteiger partial charge < -0.3 is 10.1 Å². The summed E-state index contributed by atoms with van der Waals surface area (Å²) in [6, 6.07) is 10.2. The van der Waals surface area contributed by atoms with Gasteiger partial charge in [-0.15, -0.1) is 0 Å². The number of ether oxygens (including phenoxy) is 1. The van der Waals surface area contributed by atoms with Crippen molar-refractivity contribution in [2.75, 3.05) is 11.9 Å². The third-order valence-electron chi connectivity index (χ3n) is 4.23. The molecule has 3 N–H and O–H groups in total. The predicted molar refractivity (Wildman–Crippen MR) is 129 cm³/mol. The van der Waals surface area contributed by atoms with Gasteiger partial charge in [-0.1, -0.05) is 59.9 Å². The molecule has 0 aliphatic carbocycles. The maximum Gasteiger partial charge on any atom is 0.276 e. The van der Waals surface area contributed by atoms with Crippen molar-refractivity contribution in [1.29, 1.82) is 0 Å². The van der Waals surface area contributed by atoms with E-state index in [1.807, 2.05) is 32.9 Å². The average molecular weight is 545 g/mol. The van der Waals surface area contributed by atoms with Crippen LogP contribution in [0.25, 0.3) is 0 Å². The van der Waals surface area contributed by atoms with Gasteiger partial charge >= 0.3 is 0 Å². The van der Waals surface area contributed by atoms with Gasteiger partial charge in [-0.25, -0.2) is 0 Å². The van der Waals surface area contributed by atoms with Crippen molar-refractivity contribution in [2.24, 2.45) is 0 Å². The number of hydrogen-bond acceptors (Lipinski definition) is 4. The molecular weight excluding hydrogens is 521 g/mol. The molecule has 3 amide bonds. The van der Waals surface area contributed by atoms with Gasteiger partial charge in [-0.3, -0.25) is 25.2 Å². The van der Waals surface area contributed by atoms with E-state index in [-0.39, 0.29) is 24.9 Å². The Hall–Kier alpha value is -2.29. The number of nitrogens with one attached hydrogen (secondary N) is 3. The van der Waals surface area contributed by atoms with E-state index in [0.29, 0.717) is 21.5 Å². The van der Waals surface area contributed by atoms with Crippen molar-refractivity contribution in [1.82, 2.24) is 10.9 Å². The number of hydrogen-bond donors (Lipinski definition) is 3. The van der Waals surface area contributed by atoms with E-state index in [4.69, 9.17) is 27.9 Å². The summed E-state index contributed by atoms with van der Waals surface area (Å²) in [6.07, 6.45) is -0.218. The fourth-order valence-electron chi connectivity index (χ4n) is 2.63. The molecule has 2 rings (SSSR count). The minimum Gasteiger partial charge on any atom is -0.483 e. The Kier molecular flexibility index (Phi) is 9.36. The Morgan fingerprint density at radius 1 is 0.938 bits per heavy atom. The van der Waals surface area contributed by atoms with Gasteiger partial charge in [0.25, 0.3) is 5.91 Å². The molecule has 10 heteroatoms. The molecule has 0 spiro atoms. The van der Waals surface area contributed by atoms with E-state index in [2.05, 4.69) is 32.1 Å². The van der Waals surface area contributed by atoms with Crippen molar-refractivity contribution in [2.45, 2.75) is 39.0 Å². The highest BCUT2D eigenvalue weighted by Crippen LogP contribution is 2.33. The first-order valence-corrected chi connectivity index (χ1v) is 11.3. The lowest BCUT2D eigenvalue weighted by molar-refractivity contribution is -0.130. The number of amides is 3. The van der Waals surface area contributed by atoms with Crippen molar-refractivity contribution in [3.05, 3.63) is 56.5 Å². The summed E-state index contributed by atoms with van der Waals surface area (Å²) in [5.74, 6) is -0.864. The molecule has 0 saturated heterocycles. The molecule has 0 atom stereocenters. The molecule has 2 aromatic rings. The fraction of sp³-hybridized carbons (Fsp3) is 0.318. The highest BCUT2D eigenvalue weighted by Gasteiger charge is 2.20. The summed E-state index contributed by atoms with van der Waals surface area (Å²) in [4.78, 5) is 35.9. The van der Waals surface area contributed by atoms with Crippen molar-refractivity contribution in [3.63, 3.8) is 0 Å². The number of halogens is 3. The maximum atomic E-state index is 12.0. The summed E-state index contributed by atoms with van der Waals surface area (Å²) in [5.41, 5.74) is 5.69. The molecule has 2 aromatic carbocycles. The number of benzene rings is 2. The number of rotatable bonds is 7. The smallest absolute Gasteiger partial charge is 0.276 e. The Balaban J connectivity index is 1.75. The second-order valence-corrected chi connectivity index (χ2v) is 9.71. The van der Waals surface area contributed by atoms with E-state index in [9.17, 15) is 14.4 Å². The minimum atomic E-state index is -0.529. The molecule has 0 aliphatic heterocycles. The summed E-state index contributed by atoms with van der Waals surface area (Å²) >= 11 is 15.2. The lowest BCUT2D eigenvalue weighted by Gasteiger charge is -2.23. The molecular formula is C22H24BrCl2N3O4. The summed E-state index contributed by atoms with van der Waals surface area (Å²) in [7, 11) is 0. The Labute approximate surface area is 205 Å². The first-order chi connectivity index (χ1) is 15.0. The quantitative estimate of drug-likeness (QED) is 0.427.